The molecule has 0 fully saturated rings. The average Bonchev–Trinajstić information content (AvgIpc) is 2.85. The van der Waals surface area contributed by atoms with Crippen LogP contribution in [0.15, 0.2) is 29.1 Å². The summed E-state index contributed by atoms with van der Waals surface area (Å²) in [5, 5.41) is -0.118. The van der Waals surface area contributed by atoms with E-state index in [-0.39, 0.29) is 16.3 Å². The van der Waals surface area contributed by atoms with Gasteiger partial charge in [0.2, 0.25) is 5.78 Å². The predicted octanol–water partition coefficient (Wildman–Crippen LogP) is 2.63. The van der Waals surface area contributed by atoms with Gasteiger partial charge in [-0.25, -0.2) is 9.37 Å². The van der Waals surface area contributed by atoms with Crippen LogP contribution >= 0.6 is 27.5 Å². The number of hydrogen-bond acceptors (Lipinski definition) is 3. The molecule has 1 aromatic carbocycles. The summed E-state index contributed by atoms with van der Waals surface area (Å²) in [6, 6.07) is 2.89. The van der Waals surface area contributed by atoms with Crippen molar-refractivity contribution in [1.29, 1.82) is 0 Å². The predicted molar refractivity (Wildman–Crippen MR) is 73.8 cm³/mol. The monoisotopic (exact) mass is 345 g/mol. The van der Waals surface area contributed by atoms with Crippen molar-refractivity contribution >= 4 is 33.3 Å². The van der Waals surface area contributed by atoms with Gasteiger partial charge in [-0.2, -0.15) is 0 Å². The number of hydrogen-bond donors (Lipinski definition) is 1. The molecule has 0 bridgehead atoms. The van der Waals surface area contributed by atoms with Crippen LogP contribution in [0, 0.1) is 5.82 Å². The largest absolute Gasteiger partial charge is 0.335 e. The van der Waals surface area contributed by atoms with Gasteiger partial charge in [0.05, 0.1) is 16.9 Å². The summed E-state index contributed by atoms with van der Waals surface area (Å²) in [6.07, 6.45) is 3.02. The number of nitrogens with two attached hydrogens (primary N) is 1. The fraction of sp³-hybridized carbons (Fsp3) is 0.167. The molecule has 0 radical (unpaired) electrons. The maximum atomic E-state index is 13.9. The van der Waals surface area contributed by atoms with E-state index in [1.54, 1.807) is 4.57 Å². The first kappa shape index (κ1) is 14.2. The minimum absolute atomic E-state index is 0.105. The first-order valence-electron chi connectivity index (χ1n) is 5.44. The molecular weight excluding hydrogens is 337 g/mol. The highest BCUT2D eigenvalue weighted by Gasteiger charge is 2.19. The van der Waals surface area contributed by atoms with Crippen molar-refractivity contribution in [3.05, 3.63) is 51.2 Å². The second kappa shape index (κ2) is 5.81. The molecule has 2 N–H and O–H groups in total. The van der Waals surface area contributed by atoms with Crippen LogP contribution in [0.2, 0.25) is 5.02 Å². The summed E-state index contributed by atoms with van der Waals surface area (Å²) in [5.41, 5.74) is 5.45. The van der Waals surface area contributed by atoms with Gasteiger partial charge in [-0.1, -0.05) is 11.6 Å². The second-order valence-electron chi connectivity index (χ2n) is 3.84. The van der Waals surface area contributed by atoms with E-state index in [0.717, 1.165) is 0 Å². The number of halogens is 3. The molecule has 100 valence electrons. The van der Waals surface area contributed by atoms with E-state index in [2.05, 4.69) is 20.9 Å². The van der Waals surface area contributed by atoms with Crippen molar-refractivity contribution < 1.29 is 9.18 Å². The van der Waals surface area contributed by atoms with E-state index in [0.29, 0.717) is 17.6 Å². The molecule has 19 heavy (non-hydrogen) atoms. The Morgan fingerprint density at radius 2 is 2.26 bits per heavy atom. The van der Waals surface area contributed by atoms with Gasteiger partial charge in [-0.15, -0.1) is 0 Å². The van der Waals surface area contributed by atoms with Crippen molar-refractivity contribution in [3.63, 3.8) is 0 Å². The number of imidazole rings is 1. The molecule has 0 aliphatic carbocycles. The second-order valence-corrected chi connectivity index (χ2v) is 5.07. The molecule has 7 heteroatoms. The summed E-state index contributed by atoms with van der Waals surface area (Å²) in [5.74, 6) is -1.27. The normalized spacial score (nSPS) is 10.7. The number of rotatable bonds is 4. The van der Waals surface area contributed by atoms with Crippen molar-refractivity contribution in [2.45, 2.75) is 6.54 Å². The lowest BCUT2D eigenvalue weighted by Crippen LogP contribution is -2.08. The lowest BCUT2D eigenvalue weighted by Gasteiger charge is -2.03. The molecule has 2 rings (SSSR count). The molecule has 0 spiro atoms. The third kappa shape index (κ3) is 2.86. The highest BCUT2D eigenvalue weighted by atomic mass is 79.9. The Morgan fingerprint density at radius 3 is 2.95 bits per heavy atom. The molecule has 0 saturated heterocycles. The van der Waals surface area contributed by atoms with Crippen molar-refractivity contribution in [1.82, 2.24) is 9.55 Å². The first-order chi connectivity index (χ1) is 9.04. The molecular formula is C12H10BrClFN3O. The van der Waals surface area contributed by atoms with Crippen LogP contribution in [0.3, 0.4) is 0 Å². The molecule has 2 aromatic rings. The highest BCUT2D eigenvalue weighted by Crippen LogP contribution is 2.28. The number of aromatic nitrogens is 2. The van der Waals surface area contributed by atoms with E-state index in [1.807, 2.05) is 0 Å². The fourth-order valence-corrected chi connectivity index (χ4v) is 2.06. The van der Waals surface area contributed by atoms with Crippen LogP contribution in [0.25, 0.3) is 0 Å². The van der Waals surface area contributed by atoms with E-state index < -0.39 is 11.6 Å². The molecule has 0 amide bonds. The van der Waals surface area contributed by atoms with Gasteiger partial charge in [-0.3, -0.25) is 4.79 Å². The Balaban J connectivity index is 2.36. The summed E-state index contributed by atoms with van der Waals surface area (Å²) >= 11 is 8.85. The van der Waals surface area contributed by atoms with Crippen molar-refractivity contribution in [2.24, 2.45) is 5.73 Å². The molecule has 0 saturated carbocycles. The topological polar surface area (TPSA) is 60.9 Å². The van der Waals surface area contributed by atoms with Gasteiger partial charge < -0.3 is 10.3 Å². The van der Waals surface area contributed by atoms with Crippen LogP contribution < -0.4 is 5.73 Å². The van der Waals surface area contributed by atoms with Crippen molar-refractivity contribution in [3.8, 4) is 0 Å². The van der Waals surface area contributed by atoms with Crippen LogP contribution in [0.5, 0.6) is 0 Å². The number of carbonyl (C=O) groups excluding carboxylic acids is 1. The number of carbonyl (C=O) groups is 1. The molecule has 0 atom stereocenters. The lowest BCUT2D eigenvalue weighted by atomic mass is 10.1. The Bertz CT molecular complexity index is 629. The summed E-state index contributed by atoms with van der Waals surface area (Å²) in [7, 11) is 0. The fourth-order valence-electron chi connectivity index (χ4n) is 1.59. The van der Waals surface area contributed by atoms with E-state index in [1.165, 1.54) is 24.7 Å². The molecule has 0 aliphatic rings. The Labute approximate surface area is 122 Å². The zero-order valence-corrected chi connectivity index (χ0v) is 12.1. The maximum Gasteiger partial charge on any atom is 0.215 e. The standard InChI is InChI=1S/C12H10BrClFN3O/c13-8-2-1-7(11(15)10(8)14)12(19)9-5-18(4-3-16)6-17-9/h1-2,5-6H,3-4,16H2. The van der Waals surface area contributed by atoms with Crippen LogP contribution in [-0.4, -0.2) is 21.9 Å². The van der Waals surface area contributed by atoms with Gasteiger partial charge in [0.1, 0.15) is 5.69 Å². The first-order valence-corrected chi connectivity index (χ1v) is 6.61. The molecule has 0 aliphatic heterocycles. The Kier molecular flexibility index (Phi) is 4.34. The van der Waals surface area contributed by atoms with Crippen LogP contribution in [-0.2, 0) is 6.54 Å². The number of benzene rings is 1. The third-order valence-electron chi connectivity index (χ3n) is 2.53. The van der Waals surface area contributed by atoms with Gasteiger partial charge >= 0.3 is 0 Å². The van der Waals surface area contributed by atoms with Crippen LogP contribution in [0.4, 0.5) is 4.39 Å². The smallest absolute Gasteiger partial charge is 0.215 e. The Hall–Kier alpha value is -1.24. The average molecular weight is 347 g/mol. The summed E-state index contributed by atoms with van der Waals surface area (Å²) in [6.45, 7) is 0.978. The van der Waals surface area contributed by atoms with Crippen LogP contribution in [0.1, 0.15) is 16.1 Å². The van der Waals surface area contributed by atoms with E-state index in [9.17, 15) is 9.18 Å². The summed E-state index contributed by atoms with van der Waals surface area (Å²) < 4.78 is 16.0. The zero-order valence-electron chi connectivity index (χ0n) is 9.74. The van der Waals surface area contributed by atoms with Gasteiger partial charge in [-0.05, 0) is 28.1 Å². The van der Waals surface area contributed by atoms with Gasteiger partial charge in [0, 0.05) is 23.8 Å². The van der Waals surface area contributed by atoms with E-state index >= 15 is 0 Å². The minimum atomic E-state index is -0.755. The Morgan fingerprint density at radius 1 is 1.53 bits per heavy atom. The number of nitrogens with zero attached hydrogens (tertiary/aromatic N) is 2. The summed E-state index contributed by atoms with van der Waals surface area (Å²) in [4.78, 5) is 16.1. The quantitative estimate of drug-likeness (QED) is 0.684. The maximum absolute atomic E-state index is 13.9. The minimum Gasteiger partial charge on any atom is -0.335 e. The molecule has 1 aromatic heterocycles. The van der Waals surface area contributed by atoms with Gasteiger partial charge in [0.15, 0.2) is 5.82 Å². The van der Waals surface area contributed by atoms with Crippen molar-refractivity contribution in [2.75, 3.05) is 6.54 Å². The van der Waals surface area contributed by atoms with E-state index in [4.69, 9.17) is 17.3 Å². The highest BCUT2D eigenvalue weighted by molar-refractivity contribution is 9.10. The molecule has 4 nitrogen and oxygen atoms in total. The number of ketones is 1. The SMILES string of the molecule is NCCn1cnc(C(=O)c2ccc(Br)c(Cl)c2F)c1. The third-order valence-corrected chi connectivity index (χ3v) is 3.79. The lowest BCUT2D eigenvalue weighted by molar-refractivity contribution is 0.103. The molecule has 1 heterocycles. The zero-order chi connectivity index (χ0) is 14.0. The molecule has 0 unspecified atom stereocenters. The van der Waals surface area contributed by atoms with Gasteiger partial charge in [0.25, 0.3) is 0 Å².